The third-order valence-corrected chi connectivity index (χ3v) is 7.62. The van der Waals surface area contributed by atoms with Crippen molar-refractivity contribution in [3.63, 3.8) is 0 Å². The standard InChI is InChI=1S/C30H31BrF3N5O/c1-2-19-7-11-23(12-8-19)36-28-25-5-3-4-6-26(25)38-29(39-28)37-24-15-13-22(14-16-24)35-18-20-9-10-21(31)17-27(20)40-30(32,33)34/h3-12,17,22,24,35H,2,13-16,18H2,1H3,(H2,36,37,38,39). The van der Waals surface area contributed by atoms with Gasteiger partial charge in [-0.1, -0.05) is 53.2 Å². The van der Waals surface area contributed by atoms with Crippen LogP contribution in [0.25, 0.3) is 10.9 Å². The number of aryl methyl sites for hydroxylation is 1. The molecule has 210 valence electrons. The fraction of sp³-hybridized carbons (Fsp3) is 0.333. The minimum atomic E-state index is -4.74. The van der Waals surface area contributed by atoms with Crippen molar-refractivity contribution in [3.05, 3.63) is 82.3 Å². The maximum absolute atomic E-state index is 12.8. The molecule has 1 heterocycles. The van der Waals surface area contributed by atoms with Crippen LogP contribution in [0.15, 0.2) is 71.2 Å². The lowest BCUT2D eigenvalue weighted by molar-refractivity contribution is -0.274. The number of rotatable bonds is 9. The van der Waals surface area contributed by atoms with Crippen molar-refractivity contribution in [1.29, 1.82) is 0 Å². The summed E-state index contributed by atoms with van der Waals surface area (Å²) < 4.78 is 43.3. The fourth-order valence-corrected chi connectivity index (χ4v) is 5.31. The monoisotopic (exact) mass is 613 g/mol. The number of aromatic nitrogens is 2. The van der Waals surface area contributed by atoms with E-state index in [9.17, 15) is 13.2 Å². The van der Waals surface area contributed by atoms with Crippen LogP contribution in [0.1, 0.15) is 43.7 Å². The minimum absolute atomic E-state index is 0.191. The van der Waals surface area contributed by atoms with E-state index in [0.29, 0.717) is 22.5 Å². The molecular weight excluding hydrogens is 583 g/mol. The molecule has 0 aliphatic heterocycles. The number of alkyl halides is 3. The third kappa shape index (κ3) is 7.42. The van der Waals surface area contributed by atoms with Gasteiger partial charge < -0.3 is 20.7 Å². The van der Waals surface area contributed by atoms with Gasteiger partial charge in [-0.3, -0.25) is 0 Å². The van der Waals surface area contributed by atoms with Crippen LogP contribution in [0.4, 0.5) is 30.6 Å². The van der Waals surface area contributed by atoms with Crippen molar-refractivity contribution in [3.8, 4) is 5.75 Å². The van der Waals surface area contributed by atoms with E-state index in [4.69, 9.17) is 9.97 Å². The molecule has 40 heavy (non-hydrogen) atoms. The van der Waals surface area contributed by atoms with Crippen LogP contribution in [0, 0.1) is 0 Å². The largest absolute Gasteiger partial charge is 0.573 e. The van der Waals surface area contributed by atoms with Crippen LogP contribution in [0.5, 0.6) is 5.75 Å². The van der Waals surface area contributed by atoms with Crippen LogP contribution in [0.3, 0.4) is 0 Å². The van der Waals surface area contributed by atoms with Crippen molar-refractivity contribution in [2.45, 2.75) is 64.0 Å². The summed E-state index contributed by atoms with van der Waals surface area (Å²) >= 11 is 3.22. The molecule has 1 fully saturated rings. The average Bonchev–Trinajstić information content (AvgIpc) is 2.93. The van der Waals surface area contributed by atoms with Crippen molar-refractivity contribution in [1.82, 2.24) is 15.3 Å². The van der Waals surface area contributed by atoms with Gasteiger partial charge in [0.1, 0.15) is 11.6 Å². The summed E-state index contributed by atoms with van der Waals surface area (Å²) in [5.41, 5.74) is 3.56. The van der Waals surface area contributed by atoms with E-state index in [1.54, 1.807) is 12.1 Å². The van der Waals surface area contributed by atoms with Crippen molar-refractivity contribution < 1.29 is 17.9 Å². The van der Waals surface area contributed by atoms with Crippen LogP contribution in [0.2, 0.25) is 0 Å². The predicted octanol–water partition coefficient (Wildman–Crippen LogP) is 8.11. The molecule has 1 aromatic heterocycles. The average molecular weight is 615 g/mol. The van der Waals surface area contributed by atoms with Gasteiger partial charge in [-0.2, -0.15) is 4.98 Å². The summed E-state index contributed by atoms with van der Waals surface area (Å²) in [4.78, 5) is 9.57. The zero-order chi connectivity index (χ0) is 28.1. The molecule has 3 N–H and O–H groups in total. The molecule has 0 spiro atoms. The summed E-state index contributed by atoms with van der Waals surface area (Å²) in [7, 11) is 0. The van der Waals surface area contributed by atoms with Crippen LogP contribution < -0.4 is 20.7 Å². The van der Waals surface area contributed by atoms with E-state index in [0.717, 1.165) is 54.5 Å². The lowest BCUT2D eigenvalue weighted by atomic mass is 9.91. The predicted molar refractivity (Wildman–Crippen MR) is 156 cm³/mol. The molecule has 0 bridgehead atoms. The SMILES string of the molecule is CCc1ccc(Nc2nc(NC3CCC(NCc4ccc(Br)cc4OC(F)(F)F)CC3)nc3ccccc23)cc1. The molecule has 1 saturated carbocycles. The van der Waals surface area contributed by atoms with Gasteiger partial charge in [-0.25, -0.2) is 4.98 Å². The highest BCUT2D eigenvalue weighted by molar-refractivity contribution is 9.10. The first kappa shape index (κ1) is 28.2. The first-order valence-electron chi connectivity index (χ1n) is 13.4. The number of nitrogens with zero attached hydrogens (tertiary/aromatic N) is 2. The normalized spacial score (nSPS) is 17.5. The van der Waals surface area contributed by atoms with E-state index in [-0.39, 0.29) is 17.8 Å². The number of para-hydroxylation sites is 1. The molecule has 5 rings (SSSR count). The Balaban J connectivity index is 1.20. The third-order valence-electron chi connectivity index (χ3n) is 7.12. The molecule has 3 aromatic carbocycles. The fourth-order valence-electron chi connectivity index (χ4n) is 4.97. The van der Waals surface area contributed by atoms with E-state index < -0.39 is 6.36 Å². The smallest absolute Gasteiger partial charge is 0.405 e. The lowest BCUT2D eigenvalue weighted by Crippen LogP contribution is -2.37. The maximum atomic E-state index is 12.8. The van der Waals surface area contributed by atoms with Gasteiger partial charge in [0.2, 0.25) is 5.95 Å². The zero-order valence-electron chi connectivity index (χ0n) is 22.1. The van der Waals surface area contributed by atoms with Gasteiger partial charge in [0.25, 0.3) is 0 Å². The molecule has 0 amide bonds. The van der Waals surface area contributed by atoms with Crippen LogP contribution >= 0.6 is 15.9 Å². The number of halogens is 4. The van der Waals surface area contributed by atoms with Gasteiger partial charge in [0.05, 0.1) is 5.52 Å². The second-order valence-corrected chi connectivity index (χ2v) is 10.9. The van der Waals surface area contributed by atoms with Crippen LogP contribution in [-0.2, 0) is 13.0 Å². The molecule has 1 aliphatic rings. The Hall–Kier alpha value is -3.37. The number of hydrogen-bond donors (Lipinski definition) is 3. The Morgan fingerprint density at radius 3 is 2.38 bits per heavy atom. The van der Waals surface area contributed by atoms with Crippen molar-refractivity contribution in [2.24, 2.45) is 0 Å². The minimum Gasteiger partial charge on any atom is -0.405 e. The summed E-state index contributed by atoms with van der Waals surface area (Å²) in [6.45, 7) is 2.43. The van der Waals surface area contributed by atoms with E-state index in [1.165, 1.54) is 11.6 Å². The van der Waals surface area contributed by atoms with Gasteiger partial charge in [-0.15, -0.1) is 13.2 Å². The molecule has 0 saturated heterocycles. The number of fused-ring (bicyclic) bond motifs is 1. The van der Waals surface area contributed by atoms with E-state index in [1.807, 2.05) is 24.3 Å². The zero-order valence-corrected chi connectivity index (χ0v) is 23.6. The van der Waals surface area contributed by atoms with E-state index in [2.05, 4.69) is 67.8 Å². The number of ether oxygens (including phenoxy) is 1. The highest BCUT2D eigenvalue weighted by Crippen LogP contribution is 2.31. The molecule has 0 unspecified atom stereocenters. The van der Waals surface area contributed by atoms with Gasteiger partial charge in [0, 0.05) is 39.7 Å². The Bertz CT molecular complexity index is 1440. The second kappa shape index (κ2) is 12.4. The first-order valence-corrected chi connectivity index (χ1v) is 14.2. The summed E-state index contributed by atoms with van der Waals surface area (Å²) in [5.74, 6) is 1.13. The molecular formula is C30H31BrF3N5O. The van der Waals surface area contributed by atoms with Crippen molar-refractivity contribution >= 4 is 44.3 Å². The Labute approximate surface area is 239 Å². The highest BCUT2D eigenvalue weighted by Gasteiger charge is 2.32. The quantitative estimate of drug-likeness (QED) is 0.177. The first-order chi connectivity index (χ1) is 19.3. The highest BCUT2D eigenvalue weighted by atomic mass is 79.9. The number of nitrogens with one attached hydrogen (secondary N) is 3. The van der Waals surface area contributed by atoms with Gasteiger partial charge in [-0.05, 0) is 74.1 Å². The van der Waals surface area contributed by atoms with Gasteiger partial charge in [0.15, 0.2) is 0 Å². The van der Waals surface area contributed by atoms with Crippen LogP contribution in [-0.4, -0.2) is 28.4 Å². The summed E-state index contributed by atoms with van der Waals surface area (Å²) in [6.07, 6.45) is -0.208. The lowest BCUT2D eigenvalue weighted by Gasteiger charge is -2.30. The Kier molecular flexibility index (Phi) is 8.75. The summed E-state index contributed by atoms with van der Waals surface area (Å²) in [6, 6.07) is 21.4. The number of benzene rings is 3. The number of hydrogen-bond acceptors (Lipinski definition) is 6. The molecule has 0 radical (unpaired) electrons. The molecule has 10 heteroatoms. The Morgan fingerprint density at radius 1 is 0.925 bits per heavy atom. The number of anilines is 3. The molecule has 1 aliphatic carbocycles. The topological polar surface area (TPSA) is 71.1 Å². The second-order valence-electron chi connectivity index (χ2n) is 9.96. The summed E-state index contributed by atoms with van der Waals surface area (Å²) in [5, 5.41) is 11.3. The maximum Gasteiger partial charge on any atom is 0.573 e. The van der Waals surface area contributed by atoms with E-state index >= 15 is 0 Å². The Morgan fingerprint density at radius 2 is 1.65 bits per heavy atom. The van der Waals surface area contributed by atoms with Gasteiger partial charge >= 0.3 is 6.36 Å². The molecule has 6 nitrogen and oxygen atoms in total. The van der Waals surface area contributed by atoms with Crippen molar-refractivity contribution in [2.75, 3.05) is 10.6 Å². The molecule has 4 aromatic rings. The molecule has 0 atom stereocenters.